The number of nitrogens with one attached hydrogen (secondary N) is 2. The molecule has 0 spiro atoms. The van der Waals surface area contributed by atoms with Crippen LogP contribution in [0, 0.1) is 0 Å². The molecule has 1 aliphatic heterocycles. The van der Waals surface area contributed by atoms with Crippen molar-refractivity contribution in [1.82, 2.24) is 20.5 Å². The maximum absolute atomic E-state index is 5.33. The van der Waals surface area contributed by atoms with Crippen LogP contribution in [0.2, 0.25) is 0 Å². The molecule has 2 N–H and O–H groups in total. The Balaban J connectivity index is 0.00000320. The van der Waals surface area contributed by atoms with Crippen molar-refractivity contribution in [3.8, 4) is 5.75 Å². The van der Waals surface area contributed by atoms with Gasteiger partial charge in [0.1, 0.15) is 5.75 Å². The quantitative estimate of drug-likeness (QED) is 0.312. The first-order chi connectivity index (χ1) is 14.3. The molecule has 1 saturated heterocycles. The molecule has 1 aromatic heterocycles. The van der Waals surface area contributed by atoms with Gasteiger partial charge in [-0.05, 0) is 62.7 Å². The van der Waals surface area contributed by atoms with Gasteiger partial charge in [-0.3, -0.25) is 9.88 Å². The predicted octanol–water partition coefficient (Wildman–Crippen LogP) is 3.99. The first kappa shape index (κ1) is 24.4. The molecule has 1 atom stereocenters. The highest BCUT2D eigenvalue weighted by atomic mass is 127. The van der Waals surface area contributed by atoms with Crippen LogP contribution in [0.5, 0.6) is 5.75 Å². The Labute approximate surface area is 197 Å². The van der Waals surface area contributed by atoms with Crippen LogP contribution in [0.4, 0.5) is 0 Å². The van der Waals surface area contributed by atoms with Gasteiger partial charge in [0.2, 0.25) is 0 Å². The van der Waals surface area contributed by atoms with Crippen molar-refractivity contribution in [3.05, 3.63) is 59.9 Å². The molecule has 1 aromatic carbocycles. The van der Waals surface area contributed by atoms with Crippen LogP contribution in [-0.2, 0) is 6.54 Å². The van der Waals surface area contributed by atoms with Crippen molar-refractivity contribution < 1.29 is 4.74 Å². The van der Waals surface area contributed by atoms with Crippen LogP contribution >= 0.6 is 24.0 Å². The van der Waals surface area contributed by atoms with Crippen LogP contribution in [0.25, 0.3) is 0 Å². The molecule has 2 aromatic rings. The number of ether oxygens (including phenoxy) is 1. The van der Waals surface area contributed by atoms with Crippen molar-refractivity contribution in [3.63, 3.8) is 0 Å². The highest BCUT2D eigenvalue weighted by molar-refractivity contribution is 14.0. The molecule has 0 radical (unpaired) electrons. The summed E-state index contributed by atoms with van der Waals surface area (Å²) in [6.45, 7) is 6.56. The Kier molecular flexibility index (Phi) is 10.9. The first-order valence-corrected chi connectivity index (χ1v) is 10.6. The lowest BCUT2D eigenvalue weighted by Gasteiger charge is -2.35. The molecular formula is C23H34IN5O. The Hall–Kier alpha value is -1.87. The van der Waals surface area contributed by atoms with Gasteiger partial charge >= 0.3 is 0 Å². The van der Waals surface area contributed by atoms with E-state index in [9.17, 15) is 0 Å². The number of guanidine groups is 1. The van der Waals surface area contributed by atoms with E-state index >= 15 is 0 Å². The highest BCUT2D eigenvalue weighted by Crippen LogP contribution is 2.25. The van der Waals surface area contributed by atoms with Gasteiger partial charge in [0.05, 0.1) is 25.4 Å². The maximum Gasteiger partial charge on any atom is 0.191 e. The largest absolute Gasteiger partial charge is 0.497 e. The smallest absolute Gasteiger partial charge is 0.191 e. The summed E-state index contributed by atoms with van der Waals surface area (Å²) in [6.07, 6.45) is 5.66. The number of rotatable bonds is 8. The van der Waals surface area contributed by atoms with Gasteiger partial charge in [0, 0.05) is 19.3 Å². The summed E-state index contributed by atoms with van der Waals surface area (Å²) in [5, 5.41) is 6.91. The number of methoxy groups -OCH3 is 1. The molecule has 30 heavy (non-hydrogen) atoms. The van der Waals surface area contributed by atoms with E-state index in [2.05, 4.69) is 39.6 Å². The number of nitrogens with zero attached hydrogens (tertiary/aromatic N) is 3. The third-order valence-electron chi connectivity index (χ3n) is 5.26. The van der Waals surface area contributed by atoms with Gasteiger partial charge in [0.15, 0.2) is 5.96 Å². The second kappa shape index (κ2) is 13.4. The second-order valence-corrected chi connectivity index (χ2v) is 7.28. The van der Waals surface area contributed by atoms with Crippen molar-refractivity contribution in [1.29, 1.82) is 0 Å². The number of aliphatic imine (C=N–C) groups is 1. The third kappa shape index (κ3) is 7.43. The zero-order valence-electron chi connectivity index (χ0n) is 18.0. The van der Waals surface area contributed by atoms with Crippen LogP contribution in [0.1, 0.15) is 43.5 Å². The Morgan fingerprint density at radius 2 is 1.87 bits per heavy atom. The molecule has 1 unspecified atom stereocenters. The molecule has 0 saturated carbocycles. The number of aromatic nitrogens is 1. The van der Waals surface area contributed by atoms with Crippen LogP contribution in [-0.4, -0.2) is 49.1 Å². The van der Waals surface area contributed by atoms with E-state index in [0.717, 1.165) is 43.6 Å². The summed E-state index contributed by atoms with van der Waals surface area (Å²) in [4.78, 5) is 11.7. The molecular weight excluding hydrogens is 489 g/mol. The summed E-state index contributed by atoms with van der Waals surface area (Å²) in [7, 11) is 1.71. The third-order valence-corrected chi connectivity index (χ3v) is 5.26. The lowest BCUT2D eigenvalue weighted by atomic mass is 10.0. The number of hydrogen-bond acceptors (Lipinski definition) is 4. The van der Waals surface area contributed by atoms with Gasteiger partial charge in [-0.15, -0.1) is 24.0 Å². The lowest BCUT2D eigenvalue weighted by molar-refractivity contribution is 0.164. The van der Waals surface area contributed by atoms with Gasteiger partial charge in [-0.25, -0.2) is 4.99 Å². The zero-order valence-corrected chi connectivity index (χ0v) is 20.3. The van der Waals surface area contributed by atoms with Gasteiger partial charge in [0.25, 0.3) is 0 Å². The van der Waals surface area contributed by atoms with Crippen molar-refractivity contribution in [2.24, 2.45) is 4.99 Å². The van der Waals surface area contributed by atoms with Crippen LogP contribution in [0.3, 0.4) is 0 Å². The fraction of sp³-hybridized carbons (Fsp3) is 0.478. The van der Waals surface area contributed by atoms with E-state index < -0.39 is 0 Å². The monoisotopic (exact) mass is 523 g/mol. The fourth-order valence-electron chi connectivity index (χ4n) is 3.70. The molecule has 0 amide bonds. The molecule has 3 rings (SSSR count). The molecule has 2 heterocycles. The zero-order chi connectivity index (χ0) is 20.3. The van der Waals surface area contributed by atoms with E-state index in [0.29, 0.717) is 12.6 Å². The van der Waals surface area contributed by atoms with Gasteiger partial charge in [-0.1, -0.05) is 24.6 Å². The summed E-state index contributed by atoms with van der Waals surface area (Å²) >= 11 is 0. The summed E-state index contributed by atoms with van der Waals surface area (Å²) in [5.74, 6) is 1.72. The molecule has 1 fully saturated rings. The first-order valence-electron chi connectivity index (χ1n) is 10.6. The average molecular weight is 523 g/mol. The molecule has 164 valence electrons. The lowest BCUT2D eigenvalue weighted by Crippen LogP contribution is -2.44. The summed E-state index contributed by atoms with van der Waals surface area (Å²) in [6, 6.07) is 14.7. The molecule has 6 nitrogen and oxygen atoms in total. The van der Waals surface area contributed by atoms with Crippen molar-refractivity contribution in [2.45, 2.75) is 38.8 Å². The highest BCUT2D eigenvalue weighted by Gasteiger charge is 2.22. The SMILES string of the molecule is CCNC(=NCc1ccccn1)NCC(c1ccc(OC)cc1)N1CCCCC1.I. The number of piperidine rings is 1. The van der Waals surface area contributed by atoms with Gasteiger partial charge in [-0.2, -0.15) is 0 Å². The Bertz CT molecular complexity index is 748. The molecule has 0 aliphatic carbocycles. The molecule has 1 aliphatic rings. The number of hydrogen-bond donors (Lipinski definition) is 2. The average Bonchev–Trinajstić information content (AvgIpc) is 2.79. The number of benzene rings is 1. The Morgan fingerprint density at radius 3 is 2.50 bits per heavy atom. The minimum absolute atomic E-state index is 0. The number of likely N-dealkylation sites (tertiary alicyclic amines) is 1. The Morgan fingerprint density at radius 1 is 1.10 bits per heavy atom. The second-order valence-electron chi connectivity index (χ2n) is 7.28. The normalized spacial score (nSPS) is 15.7. The van der Waals surface area contributed by atoms with Crippen LogP contribution in [0.15, 0.2) is 53.7 Å². The number of halogens is 1. The van der Waals surface area contributed by atoms with Crippen molar-refractivity contribution >= 4 is 29.9 Å². The predicted molar refractivity (Wildman–Crippen MR) is 134 cm³/mol. The van der Waals surface area contributed by atoms with Crippen LogP contribution < -0.4 is 15.4 Å². The topological polar surface area (TPSA) is 61.8 Å². The van der Waals surface area contributed by atoms with E-state index in [1.54, 1.807) is 13.3 Å². The fourth-order valence-corrected chi connectivity index (χ4v) is 3.70. The van der Waals surface area contributed by atoms with E-state index in [4.69, 9.17) is 9.73 Å². The molecule has 7 heteroatoms. The minimum Gasteiger partial charge on any atom is -0.497 e. The molecule has 0 bridgehead atoms. The van der Waals surface area contributed by atoms with E-state index in [1.807, 2.05) is 30.3 Å². The minimum atomic E-state index is 0. The van der Waals surface area contributed by atoms with Crippen molar-refractivity contribution in [2.75, 3.05) is 33.3 Å². The van der Waals surface area contributed by atoms with Gasteiger partial charge < -0.3 is 15.4 Å². The van der Waals surface area contributed by atoms with E-state index in [1.165, 1.54) is 24.8 Å². The maximum atomic E-state index is 5.33. The summed E-state index contributed by atoms with van der Waals surface area (Å²) in [5.41, 5.74) is 2.27. The van der Waals surface area contributed by atoms with E-state index in [-0.39, 0.29) is 24.0 Å². The standard InChI is InChI=1S/C23H33N5O.HI/c1-3-24-23(26-17-20-9-5-6-14-25-20)27-18-22(28-15-7-4-8-16-28)19-10-12-21(29-2)13-11-19;/h5-6,9-14,22H,3-4,7-8,15-18H2,1-2H3,(H2,24,26,27);1H. The summed E-state index contributed by atoms with van der Waals surface area (Å²) < 4.78 is 5.33. The number of pyridine rings is 1.